The molecule has 1 saturated heterocycles. The lowest BCUT2D eigenvalue weighted by molar-refractivity contribution is 0.199. The molecule has 0 atom stereocenters. The number of nitrogens with zero attached hydrogens (tertiary/aromatic N) is 2. The number of pyridine rings is 1. The van der Waals surface area contributed by atoms with Gasteiger partial charge in [-0.3, -0.25) is 0 Å². The molecule has 170 valence electrons. The number of ether oxygens (including phenoxy) is 1. The number of piperidine rings is 1. The van der Waals surface area contributed by atoms with Crippen molar-refractivity contribution in [2.24, 2.45) is 0 Å². The van der Waals surface area contributed by atoms with Gasteiger partial charge in [-0.25, -0.2) is 18.9 Å². The van der Waals surface area contributed by atoms with Gasteiger partial charge < -0.3 is 14.8 Å². The van der Waals surface area contributed by atoms with Gasteiger partial charge in [-0.05, 0) is 58.6 Å². The summed E-state index contributed by atoms with van der Waals surface area (Å²) in [7, 11) is -2.56. The fourth-order valence-corrected chi connectivity index (χ4v) is 5.92. The van der Waals surface area contributed by atoms with Gasteiger partial charge in [0.15, 0.2) is 0 Å². The molecule has 1 amide bonds. The molecule has 0 unspecified atom stereocenters. The Morgan fingerprint density at radius 2 is 2.03 bits per heavy atom. The molecule has 3 heterocycles. The highest BCUT2D eigenvalue weighted by Crippen LogP contribution is 2.42. The van der Waals surface area contributed by atoms with Crippen LogP contribution in [-0.4, -0.2) is 54.1 Å². The van der Waals surface area contributed by atoms with E-state index in [1.54, 1.807) is 23.1 Å². The fraction of sp³-hybridized carbons (Fsp3) is 0.300. The van der Waals surface area contributed by atoms with Gasteiger partial charge in [0.2, 0.25) is 0 Å². The molecule has 2 aromatic heterocycles. The zero-order valence-corrected chi connectivity index (χ0v) is 19.3. The number of hydrogen-bond donors (Lipinski definition) is 3. The maximum atomic E-state index is 14.0. The van der Waals surface area contributed by atoms with Crippen LogP contribution in [0.1, 0.15) is 24.5 Å². The third kappa shape index (κ3) is 4.17. The van der Waals surface area contributed by atoms with Crippen molar-refractivity contribution in [3.8, 4) is 16.9 Å². The van der Waals surface area contributed by atoms with E-state index in [-0.39, 0.29) is 24.8 Å². The summed E-state index contributed by atoms with van der Waals surface area (Å²) in [5, 5.41) is 9.51. The van der Waals surface area contributed by atoms with Crippen molar-refractivity contribution in [2.45, 2.75) is 18.8 Å². The Bertz CT molecular complexity index is 1290. The lowest BCUT2D eigenvalue weighted by Gasteiger charge is -2.30. The van der Waals surface area contributed by atoms with Crippen molar-refractivity contribution >= 4 is 43.3 Å². The molecule has 1 aliphatic rings. The monoisotopic (exact) mass is 526 g/mol. The van der Waals surface area contributed by atoms with Crippen LogP contribution in [0.2, 0.25) is 0 Å². The number of hydrogen-bond acceptors (Lipinski definition) is 5. The minimum atomic E-state index is -4.08. The van der Waals surface area contributed by atoms with E-state index >= 15 is 0 Å². The largest absolute Gasteiger partial charge is 0.496 e. The van der Waals surface area contributed by atoms with Crippen LogP contribution in [0.4, 0.5) is 9.18 Å². The van der Waals surface area contributed by atoms with E-state index in [9.17, 15) is 17.6 Å². The fourth-order valence-electron chi connectivity index (χ4n) is 4.05. The molecule has 0 bridgehead atoms. The number of fused-ring (bicyclic) bond motifs is 1. The summed E-state index contributed by atoms with van der Waals surface area (Å²) in [6.07, 6.45) is 0.994. The molecule has 0 radical (unpaired) electrons. The van der Waals surface area contributed by atoms with Crippen LogP contribution >= 0.6 is 15.9 Å². The van der Waals surface area contributed by atoms with Crippen molar-refractivity contribution in [2.75, 3.05) is 20.2 Å². The van der Waals surface area contributed by atoms with E-state index < -0.39 is 16.3 Å². The number of amides is 1. The zero-order chi connectivity index (χ0) is 23.0. The van der Waals surface area contributed by atoms with Gasteiger partial charge in [0.1, 0.15) is 17.2 Å². The minimum Gasteiger partial charge on any atom is -0.496 e. The molecule has 1 aromatic carbocycles. The molecule has 4 rings (SSSR count). The Balaban J connectivity index is 1.67. The van der Waals surface area contributed by atoms with Crippen molar-refractivity contribution < 1.29 is 27.4 Å². The molecular weight excluding hydrogens is 507 g/mol. The lowest BCUT2D eigenvalue weighted by atomic mass is 9.94. The Morgan fingerprint density at radius 3 is 2.69 bits per heavy atom. The van der Waals surface area contributed by atoms with Gasteiger partial charge in [-0.15, -0.1) is 0 Å². The highest BCUT2D eigenvalue weighted by molar-refractivity contribution is 9.10. The first kappa shape index (κ1) is 22.5. The SMILES string of the molecule is COc1ccc(F)cc1-c1ccnc2[nH]c(C3CCN(S(=O)(=O)NC(=O)O)CC3)c(Br)c12. The number of aromatic amines is 1. The normalized spacial score (nSPS) is 15.7. The summed E-state index contributed by atoms with van der Waals surface area (Å²) in [5.41, 5.74) is 2.80. The number of rotatable bonds is 5. The number of nitrogens with one attached hydrogen (secondary N) is 2. The molecule has 3 aromatic rings. The molecular formula is C20H20BrFN4O5S. The standard InChI is InChI=1S/C20H20BrFN4O5S/c1-31-15-3-2-12(22)10-14(15)13-4-7-23-19-16(13)17(21)18(24-19)11-5-8-26(9-6-11)32(29,30)25-20(27)28/h2-4,7,10-11,25H,5-6,8-9H2,1H3,(H,23,24)(H,27,28). The molecule has 3 N–H and O–H groups in total. The molecule has 0 spiro atoms. The molecule has 1 fully saturated rings. The van der Waals surface area contributed by atoms with Crippen LogP contribution in [0.5, 0.6) is 5.75 Å². The Labute approximate surface area is 191 Å². The predicted octanol–water partition coefficient (Wildman–Crippen LogP) is 3.83. The first-order chi connectivity index (χ1) is 15.2. The number of benzene rings is 1. The third-order valence-corrected chi connectivity index (χ3v) is 7.83. The highest BCUT2D eigenvalue weighted by Gasteiger charge is 2.32. The van der Waals surface area contributed by atoms with Crippen molar-refractivity contribution in [1.29, 1.82) is 0 Å². The van der Waals surface area contributed by atoms with Crippen LogP contribution < -0.4 is 9.46 Å². The number of aromatic nitrogens is 2. The second-order valence-electron chi connectivity index (χ2n) is 7.36. The van der Waals surface area contributed by atoms with Crippen molar-refractivity contribution in [3.63, 3.8) is 0 Å². The van der Waals surface area contributed by atoms with Gasteiger partial charge >= 0.3 is 16.3 Å². The quantitative estimate of drug-likeness (QED) is 0.463. The second kappa shape index (κ2) is 8.68. The van der Waals surface area contributed by atoms with E-state index in [0.29, 0.717) is 29.8 Å². The average molecular weight is 527 g/mol. The van der Waals surface area contributed by atoms with Crippen molar-refractivity contribution in [3.05, 3.63) is 46.4 Å². The van der Waals surface area contributed by atoms with E-state index in [1.165, 1.54) is 19.2 Å². The Hall–Kier alpha value is -2.70. The molecule has 0 aliphatic carbocycles. The average Bonchev–Trinajstić information content (AvgIpc) is 3.09. The Morgan fingerprint density at radius 1 is 1.31 bits per heavy atom. The third-order valence-electron chi connectivity index (χ3n) is 5.53. The molecule has 9 nitrogen and oxygen atoms in total. The maximum Gasteiger partial charge on any atom is 0.419 e. The number of carbonyl (C=O) groups is 1. The highest BCUT2D eigenvalue weighted by atomic mass is 79.9. The van der Waals surface area contributed by atoms with Gasteiger partial charge in [-0.2, -0.15) is 12.7 Å². The van der Waals surface area contributed by atoms with Gasteiger partial charge in [0.25, 0.3) is 0 Å². The van der Waals surface area contributed by atoms with Crippen LogP contribution in [-0.2, 0) is 10.2 Å². The van der Waals surface area contributed by atoms with Gasteiger partial charge in [-0.1, -0.05) is 0 Å². The number of carboxylic acid groups (broad SMARTS) is 1. The molecule has 1 aliphatic heterocycles. The number of methoxy groups -OCH3 is 1. The lowest BCUT2D eigenvalue weighted by Crippen LogP contribution is -2.46. The summed E-state index contributed by atoms with van der Waals surface area (Å²) >= 11 is 3.66. The predicted molar refractivity (Wildman–Crippen MR) is 119 cm³/mol. The summed E-state index contributed by atoms with van der Waals surface area (Å²) in [4.78, 5) is 18.5. The second-order valence-corrected chi connectivity index (χ2v) is 9.83. The van der Waals surface area contributed by atoms with E-state index in [2.05, 4.69) is 25.9 Å². The summed E-state index contributed by atoms with van der Waals surface area (Å²) in [6.45, 7) is 0.347. The first-order valence-electron chi connectivity index (χ1n) is 9.72. The van der Waals surface area contributed by atoms with E-state index in [4.69, 9.17) is 9.84 Å². The summed E-state index contributed by atoms with van der Waals surface area (Å²) in [5.74, 6) is 0.135. The smallest absolute Gasteiger partial charge is 0.419 e. The number of halogens is 2. The van der Waals surface area contributed by atoms with E-state index in [1.807, 2.05) is 0 Å². The molecule has 32 heavy (non-hydrogen) atoms. The summed E-state index contributed by atoms with van der Waals surface area (Å²) < 4.78 is 47.1. The topological polar surface area (TPSA) is 125 Å². The Kier molecular flexibility index (Phi) is 6.10. The van der Waals surface area contributed by atoms with Gasteiger partial charge in [0.05, 0.1) is 7.11 Å². The minimum absolute atomic E-state index is 0.00268. The maximum absolute atomic E-state index is 14.0. The number of H-pyrrole nitrogens is 1. The van der Waals surface area contributed by atoms with Gasteiger partial charge in [0, 0.05) is 46.3 Å². The molecule has 0 saturated carbocycles. The first-order valence-corrected chi connectivity index (χ1v) is 12.0. The summed E-state index contributed by atoms with van der Waals surface area (Å²) in [6, 6.07) is 6.10. The van der Waals surface area contributed by atoms with Crippen LogP contribution in [0, 0.1) is 5.82 Å². The van der Waals surface area contributed by atoms with Crippen LogP contribution in [0.15, 0.2) is 34.9 Å². The van der Waals surface area contributed by atoms with Crippen LogP contribution in [0.25, 0.3) is 22.2 Å². The van der Waals surface area contributed by atoms with E-state index in [0.717, 1.165) is 25.4 Å². The van der Waals surface area contributed by atoms with Crippen molar-refractivity contribution in [1.82, 2.24) is 19.0 Å². The zero-order valence-electron chi connectivity index (χ0n) is 16.9. The molecule has 12 heteroatoms. The van der Waals surface area contributed by atoms with Crippen LogP contribution in [0.3, 0.4) is 0 Å².